The van der Waals surface area contributed by atoms with E-state index in [1.807, 2.05) is 0 Å². The molecule has 0 aromatic heterocycles. The SMILES string of the molecule is Cc1cccc(CNCCC2CCC2)c1C. The quantitative estimate of drug-likeness (QED) is 0.743. The van der Waals surface area contributed by atoms with Crippen LogP contribution in [0.1, 0.15) is 42.4 Å². The van der Waals surface area contributed by atoms with E-state index in [1.165, 1.54) is 48.9 Å². The summed E-state index contributed by atoms with van der Waals surface area (Å²) >= 11 is 0. The van der Waals surface area contributed by atoms with Crippen molar-refractivity contribution in [3.63, 3.8) is 0 Å². The minimum Gasteiger partial charge on any atom is -0.313 e. The number of nitrogens with one attached hydrogen (secondary N) is 1. The Morgan fingerprint density at radius 2 is 2.06 bits per heavy atom. The van der Waals surface area contributed by atoms with Gasteiger partial charge >= 0.3 is 0 Å². The maximum absolute atomic E-state index is 3.57. The third-order valence-electron chi connectivity index (χ3n) is 3.99. The van der Waals surface area contributed by atoms with Crippen molar-refractivity contribution in [1.82, 2.24) is 5.32 Å². The molecule has 0 aliphatic heterocycles. The molecule has 0 bridgehead atoms. The fraction of sp³-hybridized carbons (Fsp3) is 0.600. The Morgan fingerprint density at radius 3 is 2.75 bits per heavy atom. The van der Waals surface area contributed by atoms with E-state index in [2.05, 4.69) is 37.4 Å². The second kappa shape index (κ2) is 5.49. The molecular weight excluding hydrogens is 194 g/mol. The van der Waals surface area contributed by atoms with Crippen molar-refractivity contribution < 1.29 is 0 Å². The lowest BCUT2D eigenvalue weighted by molar-refractivity contribution is 0.292. The van der Waals surface area contributed by atoms with Crippen LogP contribution >= 0.6 is 0 Å². The van der Waals surface area contributed by atoms with E-state index in [4.69, 9.17) is 0 Å². The molecule has 1 N–H and O–H groups in total. The third kappa shape index (κ3) is 2.85. The van der Waals surface area contributed by atoms with Gasteiger partial charge in [-0.1, -0.05) is 37.5 Å². The van der Waals surface area contributed by atoms with Gasteiger partial charge in [0, 0.05) is 6.54 Å². The van der Waals surface area contributed by atoms with Crippen molar-refractivity contribution in [2.45, 2.75) is 46.1 Å². The molecule has 0 heterocycles. The number of hydrogen-bond donors (Lipinski definition) is 1. The summed E-state index contributed by atoms with van der Waals surface area (Å²) in [6.45, 7) is 6.61. The highest BCUT2D eigenvalue weighted by Gasteiger charge is 2.16. The summed E-state index contributed by atoms with van der Waals surface area (Å²) in [7, 11) is 0. The maximum Gasteiger partial charge on any atom is 0.0208 e. The van der Waals surface area contributed by atoms with Gasteiger partial charge in [-0.2, -0.15) is 0 Å². The van der Waals surface area contributed by atoms with Crippen LogP contribution in [0, 0.1) is 19.8 Å². The smallest absolute Gasteiger partial charge is 0.0208 e. The topological polar surface area (TPSA) is 12.0 Å². The molecule has 1 nitrogen and oxygen atoms in total. The molecule has 1 fully saturated rings. The summed E-state index contributed by atoms with van der Waals surface area (Å²) in [4.78, 5) is 0. The van der Waals surface area contributed by atoms with Crippen LogP contribution in [0.15, 0.2) is 18.2 Å². The molecule has 1 heteroatoms. The van der Waals surface area contributed by atoms with Gasteiger partial charge in [-0.15, -0.1) is 0 Å². The minimum atomic E-state index is 1.02. The highest BCUT2D eigenvalue weighted by molar-refractivity contribution is 5.32. The lowest BCUT2D eigenvalue weighted by Gasteiger charge is -2.25. The Kier molecular flexibility index (Phi) is 4.00. The van der Waals surface area contributed by atoms with Gasteiger partial charge in [0.05, 0.1) is 0 Å². The summed E-state index contributed by atoms with van der Waals surface area (Å²) in [6.07, 6.45) is 5.75. The Bertz CT molecular complexity index is 339. The molecule has 0 unspecified atom stereocenters. The van der Waals surface area contributed by atoms with Gasteiger partial charge in [0.15, 0.2) is 0 Å². The summed E-state index contributed by atoms with van der Waals surface area (Å²) in [6, 6.07) is 6.58. The van der Waals surface area contributed by atoms with Crippen LogP contribution in [-0.4, -0.2) is 6.54 Å². The van der Waals surface area contributed by atoms with Gasteiger partial charge in [0.2, 0.25) is 0 Å². The molecule has 1 aromatic carbocycles. The van der Waals surface area contributed by atoms with Gasteiger partial charge < -0.3 is 5.32 Å². The molecule has 88 valence electrons. The second-order valence-corrected chi connectivity index (χ2v) is 5.12. The first-order valence-corrected chi connectivity index (χ1v) is 6.53. The van der Waals surface area contributed by atoms with Crippen LogP contribution in [0.2, 0.25) is 0 Å². The first kappa shape index (κ1) is 11.7. The third-order valence-corrected chi connectivity index (χ3v) is 3.99. The van der Waals surface area contributed by atoms with Crippen molar-refractivity contribution in [2.24, 2.45) is 5.92 Å². The van der Waals surface area contributed by atoms with Crippen LogP contribution in [0.3, 0.4) is 0 Å². The number of hydrogen-bond acceptors (Lipinski definition) is 1. The predicted molar refractivity (Wildman–Crippen MR) is 69.6 cm³/mol. The van der Waals surface area contributed by atoms with Gasteiger partial charge in [-0.3, -0.25) is 0 Å². The monoisotopic (exact) mass is 217 g/mol. The van der Waals surface area contributed by atoms with E-state index < -0.39 is 0 Å². The van der Waals surface area contributed by atoms with Gasteiger partial charge in [-0.05, 0) is 49.4 Å². The van der Waals surface area contributed by atoms with Gasteiger partial charge in [0.25, 0.3) is 0 Å². The van der Waals surface area contributed by atoms with Crippen molar-refractivity contribution in [3.8, 4) is 0 Å². The predicted octanol–water partition coefficient (Wildman–Crippen LogP) is 3.58. The summed E-state index contributed by atoms with van der Waals surface area (Å²) < 4.78 is 0. The standard InChI is InChI=1S/C15H23N/c1-12-5-3-8-15(13(12)2)11-16-10-9-14-6-4-7-14/h3,5,8,14,16H,4,6-7,9-11H2,1-2H3. The van der Waals surface area contributed by atoms with E-state index in [9.17, 15) is 0 Å². The summed E-state index contributed by atoms with van der Waals surface area (Å²) in [5.74, 6) is 1.02. The van der Waals surface area contributed by atoms with Crippen LogP contribution in [-0.2, 0) is 6.54 Å². The van der Waals surface area contributed by atoms with E-state index in [1.54, 1.807) is 0 Å². The molecule has 2 rings (SSSR count). The van der Waals surface area contributed by atoms with Crippen molar-refractivity contribution in [2.75, 3.05) is 6.54 Å². The number of aryl methyl sites for hydroxylation is 1. The Balaban J connectivity index is 1.73. The Labute approximate surface area is 99.3 Å². The Hall–Kier alpha value is -0.820. The van der Waals surface area contributed by atoms with Crippen molar-refractivity contribution in [1.29, 1.82) is 0 Å². The molecule has 0 amide bonds. The fourth-order valence-electron chi connectivity index (χ4n) is 2.31. The Morgan fingerprint density at radius 1 is 1.25 bits per heavy atom. The first-order valence-electron chi connectivity index (χ1n) is 6.53. The molecule has 16 heavy (non-hydrogen) atoms. The summed E-state index contributed by atoms with van der Waals surface area (Å²) in [5, 5.41) is 3.57. The minimum absolute atomic E-state index is 1.02. The van der Waals surface area contributed by atoms with E-state index in [0.29, 0.717) is 0 Å². The molecular formula is C15H23N. The molecule has 1 aliphatic rings. The lowest BCUT2D eigenvalue weighted by Crippen LogP contribution is -2.21. The molecule has 1 aliphatic carbocycles. The van der Waals surface area contributed by atoms with Crippen molar-refractivity contribution in [3.05, 3.63) is 34.9 Å². The molecule has 1 aromatic rings. The highest BCUT2D eigenvalue weighted by Crippen LogP contribution is 2.28. The zero-order valence-corrected chi connectivity index (χ0v) is 10.6. The van der Waals surface area contributed by atoms with Gasteiger partial charge in [0.1, 0.15) is 0 Å². The number of rotatable bonds is 5. The van der Waals surface area contributed by atoms with Crippen molar-refractivity contribution >= 4 is 0 Å². The fourth-order valence-corrected chi connectivity index (χ4v) is 2.31. The highest BCUT2D eigenvalue weighted by atomic mass is 14.8. The molecule has 0 saturated heterocycles. The van der Waals surface area contributed by atoms with E-state index in [-0.39, 0.29) is 0 Å². The average Bonchev–Trinajstić information content (AvgIpc) is 2.21. The molecule has 0 radical (unpaired) electrons. The zero-order valence-electron chi connectivity index (χ0n) is 10.6. The maximum atomic E-state index is 3.57. The van der Waals surface area contributed by atoms with Crippen LogP contribution in [0.4, 0.5) is 0 Å². The van der Waals surface area contributed by atoms with Crippen LogP contribution < -0.4 is 5.32 Å². The molecule has 1 saturated carbocycles. The normalized spacial score (nSPS) is 16.1. The summed E-state index contributed by atoms with van der Waals surface area (Å²) in [5.41, 5.74) is 4.30. The first-order chi connectivity index (χ1) is 7.77. The average molecular weight is 217 g/mol. The van der Waals surface area contributed by atoms with Crippen LogP contribution in [0.5, 0.6) is 0 Å². The van der Waals surface area contributed by atoms with Gasteiger partial charge in [-0.25, -0.2) is 0 Å². The second-order valence-electron chi connectivity index (χ2n) is 5.12. The van der Waals surface area contributed by atoms with E-state index in [0.717, 1.165) is 12.5 Å². The lowest BCUT2D eigenvalue weighted by atomic mass is 9.83. The molecule has 0 spiro atoms. The van der Waals surface area contributed by atoms with Crippen LogP contribution in [0.25, 0.3) is 0 Å². The zero-order chi connectivity index (χ0) is 11.4. The largest absolute Gasteiger partial charge is 0.313 e. The number of benzene rings is 1. The molecule has 0 atom stereocenters. The van der Waals surface area contributed by atoms with E-state index >= 15 is 0 Å².